The molecule has 32 heavy (non-hydrogen) atoms. The van der Waals surface area contributed by atoms with Crippen LogP contribution in [-0.4, -0.2) is 48.1 Å². The predicted molar refractivity (Wildman–Crippen MR) is 136 cm³/mol. The van der Waals surface area contributed by atoms with Gasteiger partial charge in [-0.05, 0) is 38.1 Å². The summed E-state index contributed by atoms with van der Waals surface area (Å²) in [6.45, 7) is 6.01. The largest absolute Gasteiger partial charge is 0.444 e. The van der Waals surface area contributed by atoms with E-state index >= 15 is 0 Å². The molecule has 0 fully saturated rings. The molecule has 3 aromatic rings. The van der Waals surface area contributed by atoms with Crippen molar-refractivity contribution in [2.75, 3.05) is 27.2 Å². The monoisotopic (exact) mass is 573 g/mol. The van der Waals surface area contributed by atoms with Crippen molar-refractivity contribution in [1.29, 1.82) is 0 Å². The van der Waals surface area contributed by atoms with Crippen molar-refractivity contribution in [3.63, 3.8) is 0 Å². The highest BCUT2D eigenvalue weighted by atomic mass is 127. The summed E-state index contributed by atoms with van der Waals surface area (Å²) < 4.78 is 24.0. The van der Waals surface area contributed by atoms with Crippen LogP contribution in [0.25, 0.3) is 11.5 Å². The lowest BCUT2D eigenvalue weighted by Crippen LogP contribution is -2.38. The Hall–Kier alpha value is -2.05. The number of thiazole rings is 1. The van der Waals surface area contributed by atoms with Crippen molar-refractivity contribution in [1.82, 2.24) is 20.2 Å². The summed E-state index contributed by atoms with van der Waals surface area (Å²) in [5, 5.41) is 6.33. The van der Waals surface area contributed by atoms with Gasteiger partial charge in [0.2, 0.25) is 5.89 Å². The highest BCUT2D eigenvalue weighted by Gasteiger charge is 2.13. The Morgan fingerprint density at radius 3 is 2.72 bits per heavy atom. The van der Waals surface area contributed by atoms with E-state index < -0.39 is 0 Å². The van der Waals surface area contributed by atoms with Gasteiger partial charge in [-0.1, -0.05) is 0 Å². The maximum Gasteiger partial charge on any atom is 0.226 e. The first kappa shape index (κ1) is 26.2. The summed E-state index contributed by atoms with van der Waals surface area (Å²) in [6.07, 6.45) is 2.26. The smallest absolute Gasteiger partial charge is 0.226 e. The van der Waals surface area contributed by atoms with Gasteiger partial charge in [0.15, 0.2) is 5.96 Å². The number of oxazole rings is 1. The first-order chi connectivity index (χ1) is 15.0. The van der Waals surface area contributed by atoms with Crippen molar-refractivity contribution in [2.45, 2.75) is 32.9 Å². The Balaban J connectivity index is 0.00000363. The molecule has 0 radical (unpaired) electrons. The average molecular weight is 573 g/mol. The third-order valence-corrected chi connectivity index (χ3v) is 5.69. The zero-order chi connectivity index (χ0) is 22.2. The molecule has 0 aliphatic heterocycles. The number of methoxy groups -OCH3 is 1. The van der Waals surface area contributed by atoms with Crippen LogP contribution in [0, 0.1) is 5.82 Å². The van der Waals surface area contributed by atoms with Gasteiger partial charge in [0.1, 0.15) is 23.2 Å². The fourth-order valence-corrected chi connectivity index (χ4v) is 3.74. The Morgan fingerprint density at radius 2 is 2.03 bits per heavy atom. The van der Waals surface area contributed by atoms with E-state index in [-0.39, 0.29) is 35.9 Å². The zero-order valence-corrected chi connectivity index (χ0v) is 21.8. The molecule has 174 valence electrons. The maximum absolute atomic E-state index is 13.1. The average Bonchev–Trinajstić information content (AvgIpc) is 3.43. The number of ether oxygens (including phenoxy) is 1. The fourth-order valence-electron chi connectivity index (χ4n) is 2.89. The number of hydrogen-bond acceptors (Lipinski definition) is 6. The summed E-state index contributed by atoms with van der Waals surface area (Å²) in [6, 6.07) is 6.09. The van der Waals surface area contributed by atoms with Crippen molar-refractivity contribution >= 4 is 41.3 Å². The predicted octanol–water partition coefficient (Wildman–Crippen LogP) is 4.90. The summed E-state index contributed by atoms with van der Waals surface area (Å²) >= 11 is 1.60. The van der Waals surface area contributed by atoms with Crippen molar-refractivity contribution in [3.8, 4) is 11.5 Å². The second-order valence-electron chi connectivity index (χ2n) is 7.05. The second kappa shape index (κ2) is 12.9. The van der Waals surface area contributed by atoms with Crippen LogP contribution in [-0.2, 0) is 17.7 Å². The molecule has 1 N–H and O–H groups in total. The van der Waals surface area contributed by atoms with Gasteiger partial charge in [0.25, 0.3) is 0 Å². The lowest BCUT2D eigenvalue weighted by molar-refractivity contribution is 0.119. The van der Waals surface area contributed by atoms with E-state index in [2.05, 4.69) is 20.7 Å². The number of guanidine groups is 1. The zero-order valence-electron chi connectivity index (χ0n) is 18.7. The minimum atomic E-state index is -0.285. The molecule has 0 spiro atoms. The van der Waals surface area contributed by atoms with Crippen molar-refractivity contribution in [3.05, 3.63) is 58.1 Å². The van der Waals surface area contributed by atoms with Gasteiger partial charge in [-0.25, -0.2) is 14.4 Å². The van der Waals surface area contributed by atoms with Crippen LogP contribution in [0.5, 0.6) is 0 Å². The topological polar surface area (TPSA) is 75.8 Å². The van der Waals surface area contributed by atoms with Crippen LogP contribution in [0.3, 0.4) is 0 Å². The molecule has 10 heteroatoms. The number of benzene rings is 1. The lowest BCUT2D eigenvalue weighted by atomic mass is 10.2. The van der Waals surface area contributed by atoms with Crippen LogP contribution >= 0.6 is 35.3 Å². The van der Waals surface area contributed by atoms with Gasteiger partial charge >= 0.3 is 0 Å². The Bertz CT molecular complexity index is 992. The van der Waals surface area contributed by atoms with Crippen LogP contribution in [0.1, 0.15) is 36.3 Å². The van der Waals surface area contributed by atoms with Gasteiger partial charge in [-0.15, -0.1) is 35.3 Å². The third-order valence-electron chi connectivity index (χ3n) is 4.64. The standard InChI is InChI=1S/C22H28FN5O2S.HI/c1-5-24-22(28(3)12-19-14-31-21(27-19)15(2)29-4)25-11-10-18-13-30-20(26-18)16-6-8-17(23)9-7-16;/h6-9,13-15H,5,10-12H2,1-4H3,(H,24,25);1H. The number of rotatable bonds is 9. The molecule has 7 nitrogen and oxygen atoms in total. The highest BCUT2D eigenvalue weighted by Crippen LogP contribution is 2.21. The van der Waals surface area contributed by atoms with Gasteiger partial charge in [-0.2, -0.15) is 0 Å². The Morgan fingerprint density at radius 1 is 1.28 bits per heavy atom. The Labute approximate surface area is 209 Å². The molecule has 2 heterocycles. The number of nitrogens with zero attached hydrogens (tertiary/aromatic N) is 4. The summed E-state index contributed by atoms with van der Waals surface area (Å²) in [5.41, 5.74) is 2.53. The maximum atomic E-state index is 13.1. The number of aromatic nitrogens is 2. The SMILES string of the molecule is CCNC(=NCCc1coc(-c2ccc(F)cc2)n1)N(C)Cc1csc(C(C)OC)n1.I. The number of hydrogen-bond donors (Lipinski definition) is 1. The van der Waals surface area contributed by atoms with Gasteiger partial charge in [-0.3, -0.25) is 4.99 Å². The van der Waals surface area contributed by atoms with E-state index in [4.69, 9.17) is 14.1 Å². The minimum absolute atomic E-state index is 0. The number of halogens is 2. The molecule has 0 aliphatic rings. The van der Waals surface area contributed by atoms with Crippen molar-refractivity contribution in [2.24, 2.45) is 4.99 Å². The molecule has 3 rings (SSSR count). The van der Waals surface area contributed by atoms with Crippen LogP contribution in [0.2, 0.25) is 0 Å². The molecule has 0 saturated heterocycles. The van der Waals surface area contributed by atoms with E-state index in [0.29, 0.717) is 25.4 Å². The Kier molecular flexibility index (Phi) is 10.5. The van der Waals surface area contributed by atoms with E-state index in [9.17, 15) is 4.39 Å². The van der Waals surface area contributed by atoms with E-state index in [1.807, 2.05) is 25.8 Å². The molecular formula is C22H29FIN5O2S. The minimum Gasteiger partial charge on any atom is -0.444 e. The summed E-state index contributed by atoms with van der Waals surface area (Å²) in [7, 11) is 3.67. The van der Waals surface area contributed by atoms with Gasteiger partial charge in [0.05, 0.1) is 17.9 Å². The van der Waals surface area contributed by atoms with Crippen LogP contribution in [0.15, 0.2) is 45.3 Å². The molecule has 0 aliphatic carbocycles. The summed E-state index contributed by atoms with van der Waals surface area (Å²) in [5.74, 6) is 0.999. The first-order valence-electron chi connectivity index (χ1n) is 10.2. The number of aliphatic imine (C=N–C) groups is 1. The van der Waals surface area contributed by atoms with E-state index in [1.165, 1.54) is 12.1 Å². The quantitative estimate of drug-likeness (QED) is 0.223. The second-order valence-corrected chi connectivity index (χ2v) is 7.94. The van der Waals surface area contributed by atoms with E-state index in [1.54, 1.807) is 36.8 Å². The van der Waals surface area contributed by atoms with Crippen LogP contribution in [0.4, 0.5) is 4.39 Å². The normalized spacial score (nSPS) is 12.3. The summed E-state index contributed by atoms with van der Waals surface area (Å²) in [4.78, 5) is 15.9. The highest BCUT2D eigenvalue weighted by molar-refractivity contribution is 14.0. The fraction of sp³-hybridized carbons (Fsp3) is 0.409. The van der Waals surface area contributed by atoms with Crippen LogP contribution < -0.4 is 5.32 Å². The molecule has 0 amide bonds. The molecule has 0 bridgehead atoms. The molecule has 1 aromatic carbocycles. The molecule has 2 aromatic heterocycles. The lowest BCUT2D eigenvalue weighted by Gasteiger charge is -2.21. The number of nitrogens with one attached hydrogen (secondary N) is 1. The van der Waals surface area contributed by atoms with Crippen molar-refractivity contribution < 1.29 is 13.5 Å². The molecule has 1 unspecified atom stereocenters. The van der Waals surface area contributed by atoms with Gasteiger partial charge < -0.3 is 19.4 Å². The first-order valence-corrected chi connectivity index (χ1v) is 11.0. The molecule has 1 atom stereocenters. The van der Waals surface area contributed by atoms with Gasteiger partial charge in [0, 0.05) is 44.6 Å². The van der Waals surface area contributed by atoms with E-state index in [0.717, 1.165) is 34.5 Å². The molecular weight excluding hydrogens is 544 g/mol. The third kappa shape index (κ3) is 7.24. The molecule has 0 saturated carbocycles.